The molecule has 0 aliphatic carbocycles. The molecule has 0 bridgehead atoms. The van der Waals surface area contributed by atoms with Gasteiger partial charge in [-0.1, -0.05) is 54.6 Å². The number of benzene rings is 3. The molecule has 1 aromatic heterocycles. The van der Waals surface area contributed by atoms with Gasteiger partial charge in [-0.05, 0) is 35.4 Å². The molecule has 0 saturated carbocycles. The van der Waals surface area contributed by atoms with Crippen molar-refractivity contribution in [3.05, 3.63) is 84.4 Å². The predicted molar refractivity (Wildman–Crippen MR) is 115 cm³/mol. The van der Waals surface area contributed by atoms with E-state index in [0.29, 0.717) is 23.1 Å². The molecule has 3 aromatic carbocycles. The molecule has 0 radical (unpaired) electrons. The molecule has 1 heterocycles. The van der Waals surface area contributed by atoms with Crippen LogP contribution in [0.15, 0.2) is 78.9 Å². The van der Waals surface area contributed by atoms with Gasteiger partial charge in [0.05, 0.1) is 23.4 Å². The second kappa shape index (κ2) is 8.12. The third-order valence-electron chi connectivity index (χ3n) is 4.79. The quantitative estimate of drug-likeness (QED) is 0.450. The molecule has 4 aromatic rings. The molecular weight excluding hydrogens is 364 g/mol. The Bertz CT molecular complexity index is 1150. The van der Waals surface area contributed by atoms with Crippen LogP contribution in [0.2, 0.25) is 0 Å². The Labute approximate surface area is 168 Å². The molecule has 0 saturated heterocycles. The summed E-state index contributed by atoms with van der Waals surface area (Å²) in [6, 6.07) is 24.8. The van der Waals surface area contributed by atoms with E-state index in [9.17, 15) is 9.90 Å². The highest BCUT2D eigenvalue weighted by molar-refractivity contribution is 6.03. The first-order valence-electron chi connectivity index (χ1n) is 9.34. The van der Waals surface area contributed by atoms with Crippen molar-refractivity contribution >= 4 is 22.6 Å². The maximum absolute atomic E-state index is 11.7. The number of pyridine rings is 1. The van der Waals surface area contributed by atoms with E-state index in [4.69, 9.17) is 5.11 Å². The minimum Gasteiger partial charge on any atom is -0.478 e. The first kappa shape index (κ1) is 18.7. The second-order valence-electron chi connectivity index (χ2n) is 6.68. The standard InChI is InChI=1S/C24H20N2O3/c27-14-13-25-19-11-9-17(10-12-19)16-5-7-18(8-6-16)23-15-21(24(28)29)20-3-1-2-4-22(20)26-23/h1-12,15,25,27H,13-14H2,(H,28,29). The number of nitrogens with zero attached hydrogens (tertiary/aromatic N) is 1. The van der Waals surface area contributed by atoms with Gasteiger partial charge in [0.2, 0.25) is 0 Å². The van der Waals surface area contributed by atoms with E-state index in [1.54, 1.807) is 12.1 Å². The van der Waals surface area contributed by atoms with Gasteiger partial charge in [0.25, 0.3) is 0 Å². The molecule has 0 aliphatic heterocycles. The number of para-hydroxylation sites is 1. The second-order valence-corrected chi connectivity index (χ2v) is 6.68. The maximum atomic E-state index is 11.7. The molecule has 29 heavy (non-hydrogen) atoms. The Morgan fingerprint density at radius 3 is 2.14 bits per heavy atom. The molecule has 3 N–H and O–H groups in total. The van der Waals surface area contributed by atoms with Gasteiger partial charge in [-0.3, -0.25) is 0 Å². The Balaban J connectivity index is 1.65. The topological polar surface area (TPSA) is 82.5 Å². The normalized spacial score (nSPS) is 10.8. The number of aromatic nitrogens is 1. The first-order valence-corrected chi connectivity index (χ1v) is 9.34. The third-order valence-corrected chi connectivity index (χ3v) is 4.79. The van der Waals surface area contributed by atoms with Crippen LogP contribution in [0.1, 0.15) is 10.4 Å². The lowest BCUT2D eigenvalue weighted by atomic mass is 10.0. The van der Waals surface area contributed by atoms with Crippen LogP contribution < -0.4 is 5.32 Å². The zero-order valence-corrected chi connectivity index (χ0v) is 15.7. The van der Waals surface area contributed by atoms with Gasteiger partial charge in [0, 0.05) is 23.2 Å². The molecular formula is C24H20N2O3. The minimum absolute atomic E-state index is 0.0929. The number of rotatable bonds is 6. The van der Waals surface area contributed by atoms with E-state index >= 15 is 0 Å². The molecule has 5 nitrogen and oxygen atoms in total. The summed E-state index contributed by atoms with van der Waals surface area (Å²) in [7, 11) is 0. The molecule has 0 spiro atoms. The summed E-state index contributed by atoms with van der Waals surface area (Å²) in [5.41, 5.74) is 5.50. The monoisotopic (exact) mass is 384 g/mol. The number of hydrogen-bond acceptors (Lipinski definition) is 4. The lowest BCUT2D eigenvalue weighted by molar-refractivity contribution is 0.0699. The summed E-state index contributed by atoms with van der Waals surface area (Å²) in [5, 5.41) is 22.2. The molecule has 0 fully saturated rings. The Morgan fingerprint density at radius 1 is 0.862 bits per heavy atom. The number of carbonyl (C=O) groups is 1. The zero-order valence-electron chi connectivity index (χ0n) is 15.7. The molecule has 0 atom stereocenters. The van der Waals surface area contributed by atoms with E-state index < -0.39 is 5.97 Å². The zero-order chi connectivity index (χ0) is 20.2. The van der Waals surface area contributed by atoms with Gasteiger partial charge in [-0.15, -0.1) is 0 Å². The molecule has 5 heteroatoms. The van der Waals surface area contributed by atoms with Crippen molar-refractivity contribution in [1.29, 1.82) is 0 Å². The van der Waals surface area contributed by atoms with Crippen LogP contribution in [0.3, 0.4) is 0 Å². The Morgan fingerprint density at radius 2 is 1.48 bits per heavy atom. The largest absolute Gasteiger partial charge is 0.478 e. The van der Waals surface area contributed by atoms with E-state index in [-0.39, 0.29) is 12.2 Å². The molecule has 144 valence electrons. The van der Waals surface area contributed by atoms with Gasteiger partial charge in [0.1, 0.15) is 0 Å². The Kier molecular flexibility index (Phi) is 5.22. The van der Waals surface area contributed by atoms with E-state index in [1.165, 1.54) is 0 Å². The van der Waals surface area contributed by atoms with Gasteiger partial charge in [0.15, 0.2) is 0 Å². The number of hydrogen-bond donors (Lipinski definition) is 3. The van der Waals surface area contributed by atoms with Crippen molar-refractivity contribution in [2.75, 3.05) is 18.5 Å². The molecule has 0 amide bonds. The van der Waals surface area contributed by atoms with Crippen molar-refractivity contribution in [3.63, 3.8) is 0 Å². The summed E-state index contributed by atoms with van der Waals surface area (Å²) in [6.45, 7) is 0.612. The highest BCUT2D eigenvalue weighted by atomic mass is 16.4. The molecule has 0 aliphatic rings. The van der Waals surface area contributed by atoms with Gasteiger partial charge >= 0.3 is 5.97 Å². The average Bonchev–Trinajstić information content (AvgIpc) is 2.77. The maximum Gasteiger partial charge on any atom is 0.336 e. The fourth-order valence-electron chi connectivity index (χ4n) is 3.31. The van der Waals surface area contributed by atoms with Crippen molar-refractivity contribution in [2.45, 2.75) is 0 Å². The highest BCUT2D eigenvalue weighted by Gasteiger charge is 2.12. The van der Waals surface area contributed by atoms with Crippen LogP contribution in [0.25, 0.3) is 33.3 Å². The van der Waals surface area contributed by atoms with Crippen LogP contribution in [0.4, 0.5) is 5.69 Å². The predicted octanol–water partition coefficient (Wildman–Crippen LogP) is 4.67. The summed E-state index contributed by atoms with van der Waals surface area (Å²) >= 11 is 0. The van der Waals surface area contributed by atoms with Crippen LogP contribution in [0.5, 0.6) is 0 Å². The van der Waals surface area contributed by atoms with E-state index in [1.807, 2.05) is 66.7 Å². The number of aromatic carboxylic acids is 1. The number of aliphatic hydroxyl groups excluding tert-OH is 1. The fourth-order valence-corrected chi connectivity index (χ4v) is 3.31. The summed E-state index contributed by atoms with van der Waals surface area (Å²) in [4.78, 5) is 16.3. The van der Waals surface area contributed by atoms with Crippen LogP contribution in [-0.2, 0) is 0 Å². The van der Waals surface area contributed by atoms with Crippen molar-refractivity contribution in [1.82, 2.24) is 4.98 Å². The Hall–Kier alpha value is -3.70. The lowest BCUT2D eigenvalue weighted by Crippen LogP contribution is -2.04. The third kappa shape index (κ3) is 3.95. The molecule has 0 unspecified atom stereocenters. The van der Waals surface area contributed by atoms with Crippen LogP contribution in [-0.4, -0.2) is 34.3 Å². The van der Waals surface area contributed by atoms with Crippen molar-refractivity contribution in [2.24, 2.45) is 0 Å². The van der Waals surface area contributed by atoms with Crippen LogP contribution >= 0.6 is 0 Å². The highest BCUT2D eigenvalue weighted by Crippen LogP contribution is 2.28. The summed E-state index contributed by atoms with van der Waals surface area (Å²) < 4.78 is 0. The number of nitrogens with one attached hydrogen (secondary N) is 1. The van der Waals surface area contributed by atoms with Gasteiger partial charge < -0.3 is 15.5 Å². The fraction of sp³-hybridized carbons (Fsp3) is 0.0833. The van der Waals surface area contributed by atoms with Crippen LogP contribution in [0, 0.1) is 0 Å². The first-order chi connectivity index (χ1) is 14.2. The van der Waals surface area contributed by atoms with Gasteiger partial charge in [-0.25, -0.2) is 9.78 Å². The number of carboxylic acid groups (broad SMARTS) is 1. The smallest absolute Gasteiger partial charge is 0.336 e. The van der Waals surface area contributed by atoms with Gasteiger partial charge in [-0.2, -0.15) is 0 Å². The van der Waals surface area contributed by atoms with Crippen molar-refractivity contribution < 1.29 is 15.0 Å². The number of fused-ring (bicyclic) bond motifs is 1. The van der Waals surface area contributed by atoms with Crippen molar-refractivity contribution in [3.8, 4) is 22.4 Å². The summed E-state index contributed by atoms with van der Waals surface area (Å²) in [5.74, 6) is -0.962. The minimum atomic E-state index is -0.962. The number of carboxylic acids is 1. The SMILES string of the molecule is O=C(O)c1cc(-c2ccc(-c3ccc(NCCO)cc3)cc2)nc2ccccc12. The lowest BCUT2D eigenvalue weighted by Gasteiger charge is -2.09. The average molecular weight is 384 g/mol. The number of aliphatic hydroxyl groups is 1. The summed E-state index contributed by atoms with van der Waals surface area (Å²) in [6.07, 6.45) is 0. The molecule has 4 rings (SSSR count). The van der Waals surface area contributed by atoms with E-state index in [0.717, 1.165) is 22.4 Å². The van der Waals surface area contributed by atoms with E-state index in [2.05, 4.69) is 10.3 Å². The number of anilines is 1.